The Morgan fingerprint density at radius 3 is 2.50 bits per heavy atom. The highest BCUT2D eigenvalue weighted by atomic mass is 19.4. The molecular weight excluding hydrogens is 221 g/mol. The summed E-state index contributed by atoms with van der Waals surface area (Å²) in [5, 5.41) is 11.3. The summed E-state index contributed by atoms with van der Waals surface area (Å²) in [5.41, 5.74) is -1.03. The van der Waals surface area contributed by atoms with Crippen molar-refractivity contribution >= 4 is 16.6 Å². The number of hydrogen-bond acceptors (Lipinski definition) is 2. The van der Waals surface area contributed by atoms with Gasteiger partial charge in [0.2, 0.25) is 5.71 Å². The van der Waals surface area contributed by atoms with Gasteiger partial charge in [-0.3, -0.25) is 0 Å². The van der Waals surface area contributed by atoms with Crippen LogP contribution in [-0.4, -0.2) is 22.1 Å². The van der Waals surface area contributed by atoms with Crippen LogP contribution in [0.4, 0.5) is 13.2 Å². The summed E-state index contributed by atoms with van der Waals surface area (Å²) >= 11 is 0. The summed E-state index contributed by atoms with van der Waals surface area (Å²) in [6, 6.07) is 8.01. The van der Waals surface area contributed by atoms with E-state index < -0.39 is 11.9 Å². The second-order valence-electron chi connectivity index (χ2n) is 3.22. The van der Waals surface area contributed by atoms with Gasteiger partial charge in [-0.05, 0) is 12.1 Å². The van der Waals surface area contributed by atoms with E-state index >= 15 is 0 Å². The Hall–Kier alpha value is -1.98. The smallest absolute Gasteiger partial charge is 0.410 e. The van der Waals surface area contributed by atoms with Crippen LogP contribution < -0.4 is 0 Å². The normalized spacial score (nSPS) is 13.3. The largest absolute Gasteiger partial charge is 0.438 e. The lowest BCUT2D eigenvalue weighted by molar-refractivity contribution is -0.0602. The molecule has 0 radical (unpaired) electrons. The molecule has 0 atom stereocenters. The molecule has 0 saturated heterocycles. The van der Waals surface area contributed by atoms with Crippen molar-refractivity contribution in [2.75, 3.05) is 0 Å². The topological polar surface area (TPSA) is 48.4 Å². The second-order valence-corrected chi connectivity index (χ2v) is 3.22. The molecule has 6 heteroatoms. The average Bonchev–Trinajstić information content (AvgIpc) is 2.59. The number of benzene rings is 1. The fraction of sp³-hybridized carbons (Fsp3) is 0.100. The van der Waals surface area contributed by atoms with Gasteiger partial charge in [-0.1, -0.05) is 23.4 Å². The number of para-hydroxylation sites is 1. The molecule has 3 nitrogen and oxygen atoms in total. The Morgan fingerprint density at radius 1 is 1.25 bits per heavy atom. The molecule has 84 valence electrons. The summed E-state index contributed by atoms with van der Waals surface area (Å²) in [5.74, 6) is 0. The first-order valence-corrected chi connectivity index (χ1v) is 4.40. The minimum atomic E-state index is -4.68. The van der Waals surface area contributed by atoms with E-state index in [4.69, 9.17) is 5.21 Å². The van der Waals surface area contributed by atoms with Gasteiger partial charge in [-0.2, -0.15) is 13.2 Å². The van der Waals surface area contributed by atoms with E-state index in [-0.39, 0.29) is 5.69 Å². The van der Waals surface area contributed by atoms with Crippen LogP contribution in [0.1, 0.15) is 5.69 Å². The van der Waals surface area contributed by atoms with Crippen molar-refractivity contribution in [1.82, 2.24) is 4.98 Å². The summed E-state index contributed by atoms with van der Waals surface area (Å²) in [4.78, 5) is 2.54. The molecule has 2 rings (SSSR count). The molecule has 0 aliphatic carbocycles. The lowest BCUT2D eigenvalue weighted by Gasteiger charge is -2.05. The lowest BCUT2D eigenvalue weighted by atomic mass is 10.2. The SMILES string of the molecule is ON=C(c1cc2ccccc2[nH]1)C(F)(F)F. The van der Waals surface area contributed by atoms with Crippen LogP contribution in [0.5, 0.6) is 0 Å². The number of oxime groups is 1. The summed E-state index contributed by atoms with van der Waals surface area (Å²) in [6.45, 7) is 0. The van der Waals surface area contributed by atoms with Gasteiger partial charge in [0.25, 0.3) is 0 Å². The van der Waals surface area contributed by atoms with E-state index in [0.29, 0.717) is 10.9 Å². The van der Waals surface area contributed by atoms with Crippen molar-refractivity contribution in [3.63, 3.8) is 0 Å². The minimum Gasteiger partial charge on any atom is -0.410 e. The number of hydrogen-bond donors (Lipinski definition) is 2. The molecule has 1 heterocycles. The summed E-state index contributed by atoms with van der Waals surface area (Å²) in [7, 11) is 0. The van der Waals surface area contributed by atoms with Crippen molar-refractivity contribution in [3.05, 3.63) is 36.0 Å². The van der Waals surface area contributed by atoms with E-state index in [2.05, 4.69) is 10.1 Å². The van der Waals surface area contributed by atoms with Crippen LogP contribution in [0.25, 0.3) is 10.9 Å². The highest BCUT2D eigenvalue weighted by molar-refractivity contribution is 6.05. The van der Waals surface area contributed by atoms with E-state index in [1.54, 1.807) is 24.3 Å². The van der Waals surface area contributed by atoms with Gasteiger partial charge < -0.3 is 10.2 Å². The van der Waals surface area contributed by atoms with Gasteiger partial charge >= 0.3 is 6.18 Å². The van der Waals surface area contributed by atoms with E-state index in [0.717, 1.165) is 0 Å². The molecule has 16 heavy (non-hydrogen) atoms. The molecule has 1 aromatic heterocycles. The van der Waals surface area contributed by atoms with Crippen molar-refractivity contribution in [1.29, 1.82) is 0 Å². The van der Waals surface area contributed by atoms with E-state index in [1.165, 1.54) is 6.07 Å². The lowest BCUT2D eigenvalue weighted by Crippen LogP contribution is -2.24. The number of nitrogens with one attached hydrogen (secondary N) is 1. The molecule has 0 amide bonds. The number of fused-ring (bicyclic) bond motifs is 1. The van der Waals surface area contributed by atoms with Gasteiger partial charge in [0.1, 0.15) is 0 Å². The second kappa shape index (κ2) is 3.55. The third kappa shape index (κ3) is 1.73. The Balaban J connectivity index is 2.55. The number of rotatable bonds is 1. The van der Waals surface area contributed by atoms with Crippen LogP contribution >= 0.6 is 0 Å². The third-order valence-corrected chi connectivity index (χ3v) is 2.15. The average molecular weight is 228 g/mol. The van der Waals surface area contributed by atoms with E-state index in [9.17, 15) is 13.2 Å². The van der Waals surface area contributed by atoms with Gasteiger partial charge in [-0.25, -0.2) is 0 Å². The van der Waals surface area contributed by atoms with Crippen LogP contribution in [0.2, 0.25) is 0 Å². The van der Waals surface area contributed by atoms with Gasteiger partial charge in [-0.15, -0.1) is 0 Å². The Kier molecular flexibility index (Phi) is 2.34. The monoisotopic (exact) mass is 228 g/mol. The molecule has 2 aromatic rings. The number of halogens is 3. The van der Waals surface area contributed by atoms with Gasteiger partial charge in [0, 0.05) is 10.9 Å². The first kappa shape index (κ1) is 10.5. The van der Waals surface area contributed by atoms with Crippen molar-refractivity contribution < 1.29 is 18.4 Å². The van der Waals surface area contributed by atoms with Crippen molar-refractivity contribution in [3.8, 4) is 0 Å². The molecule has 0 aliphatic rings. The molecule has 0 saturated carbocycles. The summed E-state index contributed by atoms with van der Waals surface area (Å²) < 4.78 is 37.3. The number of H-pyrrole nitrogens is 1. The highest BCUT2D eigenvalue weighted by Gasteiger charge is 2.38. The van der Waals surface area contributed by atoms with Crippen molar-refractivity contribution in [2.45, 2.75) is 6.18 Å². The number of aromatic nitrogens is 1. The molecule has 0 unspecified atom stereocenters. The molecule has 0 bridgehead atoms. The molecule has 0 spiro atoms. The van der Waals surface area contributed by atoms with Crippen molar-refractivity contribution in [2.24, 2.45) is 5.16 Å². The minimum absolute atomic E-state index is 0.254. The Morgan fingerprint density at radius 2 is 1.94 bits per heavy atom. The van der Waals surface area contributed by atoms with Crippen LogP contribution in [0.3, 0.4) is 0 Å². The Bertz CT molecular complexity index is 509. The fourth-order valence-electron chi connectivity index (χ4n) is 1.46. The molecule has 1 aromatic carbocycles. The maximum absolute atomic E-state index is 12.4. The maximum Gasteiger partial charge on any atom is 0.438 e. The quantitative estimate of drug-likeness (QED) is 0.440. The summed E-state index contributed by atoms with van der Waals surface area (Å²) in [6.07, 6.45) is -4.68. The zero-order valence-corrected chi connectivity index (χ0v) is 7.92. The zero-order valence-electron chi connectivity index (χ0n) is 7.92. The molecule has 0 aliphatic heterocycles. The highest BCUT2D eigenvalue weighted by Crippen LogP contribution is 2.24. The molecule has 2 N–H and O–H groups in total. The number of aromatic amines is 1. The van der Waals surface area contributed by atoms with Crippen LogP contribution in [0.15, 0.2) is 35.5 Å². The van der Waals surface area contributed by atoms with E-state index in [1.807, 2.05) is 0 Å². The first-order valence-electron chi connectivity index (χ1n) is 4.40. The van der Waals surface area contributed by atoms with Gasteiger partial charge in [0.05, 0.1) is 5.69 Å². The Labute approximate surface area is 88.2 Å². The number of nitrogens with zero attached hydrogens (tertiary/aromatic N) is 1. The predicted octanol–water partition coefficient (Wildman–Crippen LogP) is 2.91. The molecular formula is C10H7F3N2O. The first-order chi connectivity index (χ1) is 7.52. The standard InChI is InChI=1S/C10H7F3N2O/c11-10(12,13)9(15-16)8-5-6-3-1-2-4-7(6)14-8/h1-5,14,16H. The van der Waals surface area contributed by atoms with Crippen LogP contribution in [0, 0.1) is 0 Å². The zero-order chi connectivity index (χ0) is 11.8. The number of alkyl halides is 3. The van der Waals surface area contributed by atoms with Gasteiger partial charge in [0.15, 0.2) is 0 Å². The van der Waals surface area contributed by atoms with Crippen LogP contribution in [-0.2, 0) is 0 Å². The molecule has 0 fully saturated rings. The fourth-order valence-corrected chi connectivity index (χ4v) is 1.46. The maximum atomic E-state index is 12.4. The predicted molar refractivity (Wildman–Crippen MR) is 52.7 cm³/mol. The third-order valence-electron chi connectivity index (χ3n) is 2.15.